The molecule has 0 fully saturated rings. The molecule has 3 rings (SSSR count). The second kappa shape index (κ2) is 4.86. The highest BCUT2D eigenvalue weighted by molar-refractivity contribution is 5.73. The lowest BCUT2D eigenvalue weighted by molar-refractivity contribution is -0.274. The Morgan fingerprint density at radius 2 is 2.00 bits per heavy atom. The zero-order chi connectivity index (χ0) is 15.9. The third-order valence-corrected chi connectivity index (χ3v) is 2.88. The van der Waals surface area contributed by atoms with E-state index in [1.54, 1.807) is 6.92 Å². The van der Waals surface area contributed by atoms with E-state index in [9.17, 15) is 18.0 Å². The lowest BCUT2D eigenvalue weighted by Gasteiger charge is -2.13. The highest BCUT2D eigenvalue weighted by atomic mass is 19.4. The number of para-hydroxylation sites is 2. The summed E-state index contributed by atoms with van der Waals surface area (Å²) in [5.41, 5.74) is -0.271. The number of nitrogens with zero attached hydrogens (tertiary/aromatic N) is 3. The third kappa shape index (κ3) is 2.52. The van der Waals surface area contributed by atoms with Gasteiger partial charge in [-0.25, -0.2) is 9.97 Å². The first-order valence-electron chi connectivity index (χ1n) is 6.14. The molecule has 0 aliphatic heterocycles. The van der Waals surface area contributed by atoms with Gasteiger partial charge in [-0.1, -0.05) is 12.1 Å². The summed E-state index contributed by atoms with van der Waals surface area (Å²) in [7, 11) is 0. The smallest absolute Gasteiger partial charge is 0.404 e. The number of ether oxygens (including phenoxy) is 1. The predicted octanol–water partition coefficient (Wildman–Crippen LogP) is 2.32. The fraction of sp³-hybridized carbons (Fsp3) is 0.154. The normalized spacial score (nSPS) is 11.8. The maximum Gasteiger partial charge on any atom is 0.573 e. The summed E-state index contributed by atoms with van der Waals surface area (Å²) in [5, 5.41) is 0. The van der Waals surface area contributed by atoms with Crippen LogP contribution < -0.4 is 10.3 Å². The maximum atomic E-state index is 12.5. The number of aromatic amines is 1. The Kier molecular flexibility index (Phi) is 3.12. The Labute approximate surface area is 121 Å². The van der Waals surface area contributed by atoms with Crippen molar-refractivity contribution in [3.8, 4) is 11.4 Å². The van der Waals surface area contributed by atoms with Gasteiger partial charge in [0.2, 0.25) is 0 Å². The average Bonchev–Trinajstić information content (AvgIpc) is 2.81. The van der Waals surface area contributed by atoms with Crippen LogP contribution in [-0.2, 0) is 0 Å². The molecule has 0 amide bonds. The lowest BCUT2D eigenvalue weighted by atomic mass is 10.3. The number of rotatable bonds is 2. The standard InChI is InChI=1S/C13H9F3N4O2/c1-7-18-11-10(12(21)19-7)20(6-17-11)8-4-2-3-5-9(8)22-13(14,15)16/h2-6H,1H3,(H,18,19,21). The summed E-state index contributed by atoms with van der Waals surface area (Å²) in [6.07, 6.45) is -3.61. The van der Waals surface area contributed by atoms with E-state index in [-0.39, 0.29) is 16.9 Å². The van der Waals surface area contributed by atoms with Gasteiger partial charge < -0.3 is 9.72 Å². The Hall–Kier alpha value is -2.84. The van der Waals surface area contributed by atoms with E-state index in [0.717, 1.165) is 6.07 Å². The maximum absolute atomic E-state index is 12.5. The van der Waals surface area contributed by atoms with Crippen LogP contribution >= 0.6 is 0 Å². The van der Waals surface area contributed by atoms with Crippen molar-refractivity contribution in [2.45, 2.75) is 13.3 Å². The molecule has 9 heteroatoms. The largest absolute Gasteiger partial charge is 0.573 e. The highest BCUT2D eigenvalue weighted by Gasteiger charge is 2.32. The Morgan fingerprint density at radius 1 is 1.27 bits per heavy atom. The first kappa shape index (κ1) is 14.1. The van der Waals surface area contributed by atoms with Gasteiger partial charge in [-0.15, -0.1) is 13.2 Å². The summed E-state index contributed by atoms with van der Waals surface area (Å²) >= 11 is 0. The molecule has 0 bridgehead atoms. The molecule has 6 nitrogen and oxygen atoms in total. The van der Waals surface area contributed by atoms with Gasteiger partial charge in [-0.05, 0) is 19.1 Å². The lowest BCUT2D eigenvalue weighted by Crippen LogP contribution is -2.19. The molecule has 0 radical (unpaired) electrons. The monoisotopic (exact) mass is 310 g/mol. The van der Waals surface area contributed by atoms with E-state index in [0.29, 0.717) is 5.82 Å². The van der Waals surface area contributed by atoms with Gasteiger partial charge in [0.1, 0.15) is 12.2 Å². The molecule has 22 heavy (non-hydrogen) atoms. The van der Waals surface area contributed by atoms with Crippen LogP contribution in [0.25, 0.3) is 16.9 Å². The molecule has 0 saturated heterocycles. The number of hydrogen-bond acceptors (Lipinski definition) is 4. The third-order valence-electron chi connectivity index (χ3n) is 2.88. The first-order chi connectivity index (χ1) is 10.3. The van der Waals surface area contributed by atoms with Crippen LogP contribution in [0.5, 0.6) is 5.75 Å². The molecule has 0 saturated carbocycles. The number of aromatic nitrogens is 4. The topological polar surface area (TPSA) is 72.8 Å². The SMILES string of the molecule is Cc1nc2ncn(-c3ccccc3OC(F)(F)F)c2c(=O)[nH]1. The summed E-state index contributed by atoms with van der Waals surface area (Å²) in [6.45, 7) is 1.58. The highest BCUT2D eigenvalue weighted by Crippen LogP contribution is 2.29. The number of H-pyrrole nitrogens is 1. The second-order valence-electron chi connectivity index (χ2n) is 4.45. The molecule has 1 aromatic carbocycles. The number of nitrogens with one attached hydrogen (secondary N) is 1. The molecule has 0 atom stereocenters. The molecule has 1 N–H and O–H groups in total. The van der Waals surface area contributed by atoms with E-state index in [4.69, 9.17) is 0 Å². The first-order valence-corrected chi connectivity index (χ1v) is 6.14. The van der Waals surface area contributed by atoms with Gasteiger partial charge in [-0.2, -0.15) is 0 Å². The molecule has 0 aliphatic rings. The van der Waals surface area contributed by atoms with Crippen LogP contribution in [0.2, 0.25) is 0 Å². The van der Waals surface area contributed by atoms with Gasteiger partial charge >= 0.3 is 6.36 Å². The van der Waals surface area contributed by atoms with Crippen LogP contribution in [0.15, 0.2) is 35.4 Å². The number of hydrogen-bond donors (Lipinski definition) is 1. The van der Waals surface area contributed by atoms with Crippen molar-refractivity contribution in [2.75, 3.05) is 0 Å². The van der Waals surface area contributed by atoms with Crippen molar-refractivity contribution < 1.29 is 17.9 Å². The van der Waals surface area contributed by atoms with Crippen LogP contribution in [0, 0.1) is 6.92 Å². The molecule has 2 aromatic heterocycles. The van der Waals surface area contributed by atoms with Crippen LogP contribution in [0.4, 0.5) is 13.2 Å². The Balaban J connectivity index is 2.23. The van der Waals surface area contributed by atoms with Gasteiger partial charge in [0.05, 0.1) is 5.69 Å². The van der Waals surface area contributed by atoms with E-state index < -0.39 is 17.7 Å². The number of imidazole rings is 1. The Bertz CT molecular complexity index is 898. The number of halogens is 3. The number of benzene rings is 1. The number of aryl methyl sites for hydroxylation is 1. The van der Waals surface area contributed by atoms with Gasteiger partial charge in [0.15, 0.2) is 16.9 Å². The molecule has 0 unspecified atom stereocenters. The molecule has 0 aliphatic carbocycles. The van der Waals surface area contributed by atoms with E-state index in [1.165, 1.54) is 29.1 Å². The Morgan fingerprint density at radius 3 is 2.73 bits per heavy atom. The quantitative estimate of drug-likeness (QED) is 0.788. The predicted molar refractivity (Wildman–Crippen MR) is 70.9 cm³/mol. The summed E-state index contributed by atoms with van der Waals surface area (Å²) in [5.74, 6) is -0.0724. The molecular weight excluding hydrogens is 301 g/mol. The molecule has 114 valence electrons. The summed E-state index contributed by atoms with van der Waals surface area (Å²) in [4.78, 5) is 22.5. The van der Waals surface area contributed by atoms with Crippen molar-refractivity contribution in [1.82, 2.24) is 19.5 Å². The molecule has 3 aromatic rings. The van der Waals surface area contributed by atoms with Crippen molar-refractivity contribution in [1.29, 1.82) is 0 Å². The van der Waals surface area contributed by atoms with Crippen molar-refractivity contribution in [2.24, 2.45) is 0 Å². The van der Waals surface area contributed by atoms with Crippen molar-refractivity contribution in [3.63, 3.8) is 0 Å². The fourth-order valence-corrected chi connectivity index (χ4v) is 2.09. The minimum absolute atomic E-state index is 0.0403. The molecule has 0 spiro atoms. The average molecular weight is 310 g/mol. The van der Waals surface area contributed by atoms with Crippen LogP contribution in [0.3, 0.4) is 0 Å². The second-order valence-corrected chi connectivity index (χ2v) is 4.45. The zero-order valence-electron chi connectivity index (χ0n) is 11.2. The molecular formula is C13H9F3N4O2. The van der Waals surface area contributed by atoms with E-state index in [2.05, 4.69) is 19.7 Å². The van der Waals surface area contributed by atoms with E-state index in [1.807, 2.05) is 0 Å². The summed E-state index contributed by atoms with van der Waals surface area (Å²) < 4.78 is 42.6. The minimum atomic E-state index is -4.84. The van der Waals surface area contributed by atoms with Gasteiger partial charge in [0.25, 0.3) is 5.56 Å². The van der Waals surface area contributed by atoms with Crippen LogP contribution in [0.1, 0.15) is 5.82 Å². The van der Waals surface area contributed by atoms with Crippen molar-refractivity contribution in [3.05, 3.63) is 46.8 Å². The van der Waals surface area contributed by atoms with Crippen molar-refractivity contribution >= 4 is 11.2 Å². The zero-order valence-corrected chi connectivity index (χ0v) is 11.2. The number of alkyl halides is 3. The van der Waals surface area contributed by atoms with Gasteiger partial charge in [0, 0.05) is 0 Å². The fourth-order valence-electron chi connectivity index (χ4n) is 2.09. The van der Waals surface area contributed by atoms with E-state index >= 15 is 0 Å². The molecule has 2 heterocycles. The summed E-state index contributed by atoms with van der Waals surface area (Å²) in [6, 6.07) is 5.47. The number of fused-ring (bicyclic) bond motifs is 1. The minimum Gasteiger partial charge on any atom is -0.404 e. The van der Waals surface area contributed by atoms with Gasteiger partial charge in [-0.3, -0.25) is 9.36 Å². The van der Waals surface area contributed by atoms with Crippen LogP contribution in [-0.4, -0.2) is 25.9 Å².